The minimum atomic E-state index is -1.29. The molecule has 3 aliphatic heterocycles. The van der Waals surface area contributed by atoms with Crippen LogP contribution in [0.25, 0.3) is 0 Å². The van der Waals surface area contributed by atoms with Crippen molar-refractivity contribution in [1.29, 1.82) is 0 Å². The van der Waals surface area contributed by atoms with Gasteiger partial charge in [-0.3, -0.25) is 4.79 Å². The fourth-order valence-electron chi connectivity index (χ4n) is 4.53. The van der Waals surface area contributed by atoms with E-state index >= 15 is 0 Å². The fraction of sp³-hybridized carbons (Fsp3) is 0.882. The smallest absolute Gasteiger partial charge is 0.410 e. The largest absolute Gasteiger partial charge is 0.481 e. The Bertz CT molecular complexity index is 536. The number of ether oxygens (including phenoxy) is 1. The zero-order valence-corrected chi connectivity index (χ0v) is 14.9. The summed E-state index contributed by atoms with van der Waals surface area (Å²) in [4.78, 5) is 27.8. The molecule has 3 fully saturated rings. The van der Waals surface area contributed by atoms with E-state index in [0.29, 0.717) is 12.8 Å². The second-order valence-corrected chi connectivity index (χ2v) is 8.71. The monoisotopic (exact) mass is 340 g/mol. The van der Waals surface area contributed by atoms with E-state index in [2.05, 4.69) is 4.90 Å². The highest BCUT2D eigenvalue weighted by molar-refractivity contribution is 5.82. The van der Waals surface area contributed by atoms with Gasteiger partial charge in [-0.2, -0.15) is 0 Å². The molecule has 24 heavy (non-hydrogen) atoms. The molecule has 0 aromatic carbocycles. The normalized spacial score (nSPS) is 35.5. The van der Waals surface area contributed by atoms with Gasteiger partial charge >= 0.3 is 12.1 Å². The van der Waals surface area contributed by atoms with E-state index in [1.165, 1.54) is 4.90 Å². The first-order chi connectivity index (χ1) is 11.0. The summed E-state index contributed by atoms with van der Waals surface area (Å²) in [6, 6.07) is 0.445. The second-order valence-electron chi connectivity index (χ2n) is 8.71. The van der Waals surface area contributed by atoms with Gasteiger partial charge in [-0.05, 0) is 53.5 Å². The molecule has 3 rings (SSSR count). The van der Waals surface area contributed by atoms with E-state index in [1.54, 1.807) is 20.8 Å². The number of piperidine rings is 1. The maximum Gasteiger partial charge on any atom is 0.410 e. The predicted molar refractivity (Wildman–Crippen MR) is 86.6 cm³/mol. The molecule has 136 valence electrons. The van der Waals surface area contributed by atoms with Crippen LogP contribution in [0, 0.1) is 5.41 Å². The highest BCUT2D eigenvalue weighted by Crippen LogP contribution is 2.52. The topological polar surface area (TPSA) is 90.3 Å². The molecule has 2 bridgehead atoms. The summed E-state index contributed by atoms with van der Waals surface area (Å²) < 4.78 is 5.31. The molecule has 0 aromatic heterocycles. The lowest BCUT2D eigenvalue weighted by molar-refractivity contribution is -0.209. The molecule has 1 amide bonds. The van der Waals surface area contributed by atoms with Gasteiger partial charge in [0.15, 0.2) is 0 Å². The van der Waals surface area contributed by atoms with Crippen LogP contribution in [0.1, 0.15) is 46.5 Å². The summed E-state index contributed by atoms with van der Waals surface area (Å²) in [6.07, 6.45) is 2.38. The molecule has 0 aliphatic carbocycles. The van der Waals surface area contributed by atoms with Gasteiger partial charge in [0.2, 0.25) is 0 Å². The molecule has 3 saturated heterocycles. The van der Waals surface area contributed by atoms with Crippen LogP contribution in [-0.4, -0.2) is 75.5 Å². The van der Waals surface area contributed by atoms with Crippen molar-refractivity contribution in [2.45, 2.75) is 69.7 Å². The molecule has 2 unspecified atom stereocenters. The number of aliphatic carboxylic acids is 1. The Morgan fingerprint density at radius 2 is 1.62 bits per heavy atom. The summed E-state index contributed by atoms with van der Waals surface area (Å²) in [5.74, 6) is -1.02. The van der Waals surface area contributed by atoms with E-state index in [9.17, 15) is 19.8 Å². The first-order valence-corrected chi connectivity index (χ1v) is 8.63. The molecule has 2 N–H and O–H groups in total. The summed E-state index contributed by atoms with van der Waals surface area (Å²) in [6.45, 7) is 5.35. The van der Waals surface area contributed by atoms with Gasteiger partial charge in [0.05, 0.1) is 5.60 Å². The number of likely N-dealkylation sites (tertiary alicyclic amines) is 1. The molecule has 3 aliphatic rings. The van der Waals surface area contributed by atoms with Crippen molar-refractivity contribution in [2.75, 3.05) is 20.1 Å². The van der Waals surface area contributed by atoms with Crippen molar-refractivity contribution in [3.05, 3.63) is 0 Å². The van der Waals surface area contributed by atoms with E-state index in [1.807, 2.05) is 7.05 Å². The maximum atomic E-state index is 12.2. The number of aliphatic hydroxyl groups is 1. The van der Waals surface area contributed by atoms with Crippen LogP contribution >= 0.6 is 0 Å². The van der Waals surface area contributed by atoms with Gasteiger partial charge in [-0.15, -0.1) is 0 Å². The average Bonchev–Trinajstić information content (AvgIpc) is 2.59. The number of nitrogens with zero attached hydrogens (tertiary/aromatic N) is 2. The third-order valence-electron chi connectivity index (χ3n) is 6.01. The van der Waals surface area contributed by atoms with E-state index < -0.39 is 28.7 Å². The molecule has 7 heteroatoms. The number of carboxylic acid groups (broad SMARTS) is 1. The average molecular weight is 340 g/mol. The molecule has 0 radical (unpaired) electrons. The van der Waals surface area contributed by atoms with Crippen LogP contribution in [0.2, 0.25) is 0 Å². The number of hydrogen-bond acceptors (Lipinski definition) is 5. The third-order valence-corrected chi connectivity index (χ3v) is 6.01. The quantitative estimate of drug-likeness (QED) is 0.787. The predicted octanol–water partition coefficient (Wildman–Crippen LogP) is 1.30. The van der Waals surface area contributed by atoms with Gasteiger partial charge in [-0.1, -0.05) is 0 Å². The van der Waals surface area contributed by atoms with Gasteiger partial charge in [0.25, 0.3) is 0 Å². The van der Waals surface area contributed by atoms with E-state index in [4.69, 9.17) is 4.74 Å². The molecule has 0 aromatic rings. The molecule has 2 atom stereocenters. The summed E-state index contributed by atoms with van der Waals surface area (Å²) >= 11 is 0. The Morgan fingerprint density at radius 3 is 2.04 bits per heavy atom. The number of hydrogen-bond donors (Lipinski definition) is 2. The lowest BCUT2D eigenvalue weighted by atomic mass is 9.61. The van der Waals surface area contributed by atoms with Gasteiger partial charge < -0.3 is 24.7 Å². The molecule has 0 spiro atoms. The SMILES string of the molecule is CN1C2CCC1CC(O)(C1(C(=O)O)CN(C(=O)OC(C)(C)C)C1)C2. The van der Waals surface area contributed by atoms with Gasteiger partial charge in [-0.25, -0.2) is 4.79 Å². The molecule has 3 heterocycles. The van der Waals surface area contributed by atoms with E-state index in [-0.39, 0.29) is 25.2 Å². The van der Waals surface area contributed by atoms with Crippen LogP contribution in [0.4, 0.5) is 4.79 Å². The van der Waals surface area contributed by atoms with Crippen molar-refractivity contribution in [3.8, 4) is 0 Å². The Kier molecular flexibility index (Phi) is 3.88. The second kappa shape index (κ2) is 5.33. The van der Waals surface area contributed by atoms with Crippen molar-refractivity contribution in [3.63, 3.8) is 0 Å². The Hall–Kier alpha value is -1.34. The minimum absolute atomic E-state index is 0.0108. The van der Waals surface area contributed by atoms with Crippen LogP contribution < -0.4 is 0 Å². The lowest BCUT2D eigenvalue weighted by Gasteiger charge is -2.58. The van der Waals surface area contributed by atoms with Crippen molar-refractivity contribution < 1.29 is 24.5 Å². The Balaban J connectivity index is 1.75. The van der Waals surface area contributed by atoms with Crippen LogP contribution in [0.5, 0.6) is 0 Å². The Morgan fingerprint density at radius 1 is 1.12 bits per heavy atom. The van der Waals surface area contributed by atoms with Crippen LogP contribution in [-0.2, 0) is 9.53 Å². The Labute approximate surface area is 142 Å². The van der Waals surface area contributed by atoms with Crippen molar-refractivity contribution >= 4 is 12.1 Å². The highest BCUT2D eigenvalue weighted by Gasteiger charge is 2.67. The van der Waals surface area contributed by atoms with Crippen LogP contribution in [0.15, 0.2) is 0 Å². The first kappa shape index (κ1) is 17.5. The zero-order valence-electron chi connectivity index (χ0n) is 14.9. The van der Waals surface area contributed by atoms with Crippen molar-refractivity contribution in [2.24, 2.45) is 5.41 Å². The lowest BCUT2D eigenvalue weighted by Crippen LogP contribution is -2.74. The highest BCUT2D eigenvalue weighted by atomic mass is 16.6. The maximum absolute atomic E-state index is 12.2. The van der Waals surface area contributed by atoms with Crippen molar-refractivity contribution in [1.82, 2.24) is 9.80 Å². The third kappa shape index (κ3) is 2.58. The van der Waals surface area contributed by atoms with Gasteiger partial charge in [0.1, 0.15) is 11.0 Å². The molecule has 0 saturated carbocycles. The fourth-order valence-corrected chi connectivity index (χ4v) is 4.53. The number of rotatable bonds is 2. The van der Waals surface area contributed by atoms with Gasteiger partial charge in [0, 0.05) is 25.2 Å². The minimum Gasteiger partial charge on any atom is -0.481 e. The van der Waals surface area contributed by atoms with Crippen LogP contribution in [0.3, 0.4) is 0 Å². The summed E-state index contributed by atoms with van der Waals surface area (Å²) in [5.41, 5.74) is -3.18. The number of carbonyl (C=O) groups is 2. The summed E-state index contributed by atoms with van der Waals surface area (Å²) in [7, 11) is 2.04. The summed E-state index contributed by atoms with van der Waals surface area (Å²) in [5, 5.41) is 21.1. The number of amides is 1. The number of fused-ring (bicyclic) bond motifs is 2. The number of carboxylic acids is 1. The standard InChI is InChI=1S/C17H28N2O5/c1-15(2,3)24-14(22)19-9-16(10-19,13(20)21)17(23)7-11-5-6-12(8-17)18(11)4/h11-12,23H,5-10H2,1-4H3,(H,20,21). The first-order valence-electron chi connectivity index (χ1n) is 8.63. The van der Waals surface area contributed by atoms with E-state index in [0.717, 1.165) is 12.8 Å². The number of carbonyl (C=O) groups excluding carboxylic acids is 1. The molecular weight excluding hydrogens is 312 g/mol. The zero-order chi connectivity index (χ0) is 17.9. The molecule has 7 nitrogen and oxygen atoms in total. The molecular formula is C17H28N2O5.